The molecule has 1 aromatic carbocycles. The van der Waals surface area contributed by atoms with Gasteiger partial charge in [0, 0.05) is 24.5 Å². The van der Waals surface area contributed by atoms with Crippen LogP contribution < -0.4 is 11.1 Å². The minimum atomic E-state index is 0.217. The third-order valence-corrected chi connectivity index (χ3v) is 3.07. The Kier molecular flexibility index (Phi) is 4.54. The number of nitrogens with one attached hydrogen (secondary N) is 1. The van der Waals surface area contributed by atoms with Crippen LogP contribution in [0, 0.1) is 0 Å². The number of rotatable bonds is 4. The monoisotopic (exact) mass is 304 g/mol. The van der Waals surface area contributed by atoms with E-state index in [1.807, 2.05) is 30.3 Å². The molecule has 2 heterocycles. The summed E-state index contributed by atoms with van der Waals surface area (Å²) in [6.07, 6.45) is 5.49. The predicted molar refractivity (Wildman–Crippen MR) is 90.4 cm³/mol. The maximum absolute atomic E-state index is 5.87. The van der Waals surface area contributed by atoms with E-state index in [-0.39, 0.29) is 5.96 Å². The molecule has 23 heavy (non-hydrogen) atoms. The summed E-state index contributed by atoms with van der Waals surface area (Å²) in [5, 5.41) is 2.87. The van der Waals surface area contributed by atoms with Crippen LogP contribution in [0.5, 0.6) is 0 Å². The Morgan fingerprint density at radius 3 is 2.70 bits per heavy atom. The molecule has 0 amide bonds. The van der Waals surface area contributed by atoms with Crippen LogP contribution in [0.4, 0.5) is 11.6 Å². The predicted octanol–water partition coefficient (Wildman–Crippen LogP) is 2.52. The van der Waals surface area contributed by atoms with E-state index in [9.17, 15) is 0 Å². The normalized spacial score (nSPS) is 11.2. The lowest BCUT2D eigenvalue weighted by molar-refractivity contribution is 1.07. The van der Waals surface area contributed by atoms with Crippen LogP contribution in [-0.2, 0) is 6.42 Å². The second kappa shape index (κ2) is 7.13. The van der Waals surface area contributed by atoms with Gasteiger partial charge in [0.15, 0.2) is 11.6 Å². The summed E-state index contributed by atoms with van der Waals surface area (Å²) in [4.78, 5) is 16.8. The average molecular weight is 304 g/mol. The van der Waals surface area contributed by atoms with Crippen molar-refractivity contribution in [3.63, 3.8) is 0 Å². The molecular weight excluding hydrogens is 288 g/mol. The Labute approximate surface area is 134 Å². The highest BCUT2D eigenvalue weighted by Crippen LogP contribution is 2.12. The third-order valence-electron chi connectivity index (χ3n) is 3.07. The van der Waals surface area contributed by atoms with Gasteiger partial charge >= 0.3 is 0 Å². The van der Waals surface area contributed by atoms with E-state index in [4.69, 9.17) is 5.73 Å². The molecule has 3 aromatic rings. The maximum Gasteiger partial charge on any atom is 0.201 e. The summed E-state index contributed by atoms with van der Waals surface area (Å²) >= 11 is 0. The van der Waals surface area contributed by atoms with Gasteiger partial charge < -0.3 is 11.1 Å². The Bertz CT molecular complexity index is 786. The zero-order valence-corrected chi connectivity index (χ0v) is 12.4. The number of guanidine groups is 1. The fraction of sp³-hybridized carbons (Fsp3) is 0.0588. The largest absolute Gasteiger partial charge is 0.369 e. The first kappa shape index (κ1) is 14.6. The number of nitrogens with two attached hydrogens (primary N) is 1. The standard InChI is InChI=1S/C17H16N6/c18-17(23-16-12-19-9-10-20-16)22-15-8-4-7-14(21-15)11-13-5-2-1-3-6-13/h1-10,12H,11H2,(H3,18,20,21,22,23). The molecule has 6 heteroatoms. The topological polar surface area (TPSA) is 89.1 Å². The molecular formula is C17H16N6. The smallest absolute Gasteiger partial charge is 0.201 e. The highest BCUT2D eigenvalue weighted by molar-refractivity contribution is 5.92. The van der Waals surface area contributed by atoms with E-state index in [0.29, 0.717) is 11.6 Å². The molecule has 0 radical (unpaired) electrons. The summed E-state index contributed by atoms with van der Waals surface area (Å²) in [6, 6.07) is 15.9. The van der Waals surface area contributed by atoms with E-state index in [0.717, 1.165) is 12.1 Å². The first-order valence-corrected chi connectivity index (χ1v) is 7.17. The molecule has 0 atom stereocenters. The number of hydrogen-bond donors (Lipinski definition) is 2. The van der Waals surface area contributed by atoms with Crippen molar-refractivity contribution in [2.75, 3.05) is 5.32 Å². The molecule has 0 saturated carbocycles. The van der Waals surface area contributed by atoms with Crippen LogP contribution in [0.3, 0.4) is 0 Å². The molecule has 0 spiro atoms. The van der Waals surface area contributed by atoms with Gasteiger partial charge in [-0.25, -0.2) is 9.97 Å². The number of hydrogen-bond acceptors (Lipinski definition) is 4. The van der Waals surface area contributed by atoms with E-state index in [2.05, 4.69) is 37.4 Å². The molecule has 114 valence electrons. The molecule has 3 rings (SSSR count). The molecule has 3 N–H and O–H groups in total. The Morgan fingerprint density at radius 1 is 1.04 bits per heavy atom. The molecule has 6 nitrogen and oxygen atoms in total. The van der Waals surface area contributed by atoms with Gasteiger partial charge in [-0.3, -0.25) is 4.98 Å². The van der Waals surface area contributed by atoms with Crippen molar-refractivity contribution < 1.29 is 0 Å². The number of aromatic nitrogens is 3. The van der Waals surface area contributed by atoms with Gasteiger partial charge in [-0.05, 0) is 17.7 Å². The van der Waals surface area contributed by atoms with Crippen LogP contribution in [0.25, 0.3) is 0 Å². The molecule has 0 aliphatic heterocycles. The van der Waals surface area contributed by atoms with Gasteiger partial charge in [0.05, 0.1) is 6.20 Å². The highest BCUT2D eigenvalue weighted by Gasteiger charge is 2.01. The van der Waals surface area contributed by atoms with Gasteiger partial charge in [0.2, 0.25) is 5.96 Å². The maximum atomic E-state index is 5.87. The van der Waals surface area contributed by atoms with Gasteiger partial charge in [-0.15, -0.1) is 0 Å². The number of benzene rings is 1. The van der Waals surface area contributed by atoms with Crippen LogP contribution in [0.2, 0.25) is 0 Å². The number of pyridine rings is 1. The van der Waals surface area contributed by atoms with Crippen LogP contribution in [0.15, 0.2) is 72.1 Å². The Balaban J connectivity index is 1.73. The van der Waals surface area contributed by atoms with Crippen LogP contribution in [0.1, 0.15) is 11.3 Å². The van der Waals surface area contributed by atoms with Gasteiger partial charge in [-0.2, -0.15) is 4.99 Å². The van der Waals surface area contributed by atoms with Crippen molar-refractivity contribution in [2.45, 2.75) is 6.42 Å². The fourth-order valence-electron chi connectivity index (χ4n) is 2.08. The first-order valence-electron chi connectivity index (χ1n) is 7.17. The van der Waals surface area contributed by atoms with E-state index in [1.54, 1.807) is 24.7 Å². The Hall–Kier alpha value is -3.28. The summed E-state index contributed by atoms with van der Waals surface area (Å²) < 4.78 is 0. The molecule has 0 aliphatic rings. The number of nitrogens with zero attached hydrogens (tertiary/aromatic N) is 4. The lowest BCUT2D eigenvalue weighted by Gasteiger charge is -2.05. The highest BCUT2D eigenvalue weighted by atomic mass is 15.2. The third kappa shape index (κ3) is 4.34. The second-order valence-corrected chi connectivity index (χ2v) is 4.86. The number of anilines is 1. The molecule has 0 fully saturated rings. The van der Waals surface area contributed by atoms with Crippen molar-refractivity contribution in [2.24, 2.45) is 10.7 Å². The molecule has 0 unspecified atom stereocenters. The SMILES string of the molecule is NC(=Nc1cccc(Cc2ccccc2)n1)Nc1cnccn1. The summed E-state index contributed by atoms with van der Waals surface area (Å²) in [6.45, 7) is 0. The Morgan fingerprint density at radius 2 is 1.91 bits per heavy atom. The zero-order valence-electron chi connectivity index (χ0n) is 12.4. The van der Waals surface area contributed by atoms with Crippen molar-refractivity contribution >= 4 is 17.6 Å². The summed E-state index contributed by atoms with van der Waals surface area (Å²) in [5.74, 6) is 1.30. The van der Waals surface area contributed by atoms with Gasteiger partial charge in [-0.1, -0.05) is 36.4 Å². The molecule has 0 aliphatic carbocycles. The number of aliphatic imine (C=N–C) groups is 1. The minimum Gasteiger partial charge on any atom is -0.369 e. The van der Waals surface area contributed by atoms with Crippen molar-refractivity contribution in [3.05, 3.63) is 78.4 Å². The van der Waals surface area contributed by atoms with E-state index >= 15 is 0 Å². The fourth-order valence-corrected chi connectivity index (χ4v) is 2.08. The van der Waals surface area contributed by atoms with Crippen LogP contribution >= 0.6 is 0 Å². The van der Waals surface area contributed by atoms with E-state index in [1.165, 1.54) is 5.56 Å². The summed E-state index contributed by atoms with van der Waals surface area (Å²) in [7, 11) is 0. The molecule has 0 bridgehead atoms. The zero-order chi connectivity index (χ0) is 15.9. The second-order valence-electron chi connectivity index (χ2n) is 4.86. The first-order chi connectivity index (χ1) is 11.3. The quantitative estimate of drug-likeness (QED) is 0.571. The van der Waals surface area contributed by atoms with Crippen molar-refractivity contribution in [1.29, 1.82) is 0 Å². The van der Waals surface area contributed by atoms with Gasteiger partial charge in [0.25, 0.3) is 0 Å². The molecule has 2 aromatic heterocycles. The van der Waals surface area contributed by atoms with Crippen LogP contribution in [-0.4, -0.2) is 20.9 Å². The minimum absolute atomic E-state index is 0.217. The van der Waals surface area contributed by atoms with Gasteiger partial charge in [0.1, 0.15) is 0 Å². The molecule has 0 saturated heterocycles. The lowest BCUT2D eigenvalue weighted by Crippen LogP contribution is -2.22. The van der Waals surface area contributed by atoms with E-state index < -0.39 is 0 Å². The summed E-state index contributed by atoms with van der Waals surface area (Å²) in [5.41, 5.74) is 8.01. The average Bonchev–Trinajstić information content (AvgIpc) is 2.57. The van der Waals surface area contributed by atoms with Crippen molar-refractivity contribution in [1.82, 2.24) is 15.0 Å². The van der Waals surface area contributed by atoms with Crippen molar-refractivity contribution in [3.8, 4) is 0 Å². The lowest BCUT2D eigenvalue weighted by atomic mass is 10.1.